The van der Waals surface area contributed by atoms with E-state index in [4.69, 9.17) is 0 Å². The molecule has 6 heteroatoms. The Labute approximate surface area is 195 Å². The van der Waals surface area contributed by atoms with E-state index in [9.17, 15) is 13.2 Å². The van der Waals surface area contributed by atoms with Gasteiger partial charge in [-0.3, -0.25) is 4.79 Å². The Morgan fingerprint density at radius 1 is 0.909 bits per heavy atom. The number of amides is 1. The first kappa shape index (κ1) is 22.1. The molecular weight excluding hydrogens is 432 g/mol. The largest absolute Gasteiger partial charge is 0.349 e. The number of fused-ring (bicyclic) bond motifs is 1. The number of benzene rings is 3. The fourth-order valence-corrected chi connectivity index (χ4v) is 6.29. The lowest BCUT2D eigenvalue weighted by molar-refractivity contribution is -0.127. The highest BCUT2D eigenvalue weighted by Crippen LogP contribution is 2.41. The van der Waals surface area contributed by atoms with Crippen LogP contribution in [-0.2, 0) is 14.8 Å². The molecule has 172 valence electrons. The number of hydrogen-bond donors (Lipinski definition) is 1. The van der Waals surface area contributed by atoms with E-state index < -0.39 is 10.0 Å². The van der Waals surface area contributed by atoms with Crippen molar-refractivity contribution in [2.45, 2.75) is 43.5 Å². The monoisotopic (exact) mass is 462 g/mol. The Kier molecular flexibility index (Phi) is 5.97. The van der Waals surface area contributed by atoms with Crippen LogP contribution in [-0.4, -0.2) is 31.7 Å². The standard InChI is InChI=1S/C27H30N2O3S/c1-19-6-8-21(9-7-19)26(22-10-11-22)28-27(30)23-14-16-29(17-15-23)33(31,32)25-13-12-20-4-2-3-5-24(20)18-25/h2-9,12-13,18,22-23,26H,10-11,14-17H2,1H3,(H,28,30). The van der Waals surface area contributed by atoms with Gasteiger partial charge in [0.25, 0.3) is 0 Å². The number of carbonyl (C=O) groups is 1. The number of aryl methyl sites for hydroxylation is 1. The lowest BCUT2D eigenvalue weighted by Crippen LogP contribution is -2.43. The fourth-order valence-electron chi connectivity index (χ4n) is 4.78. The van der Waals surface area contributed by atoms with E-state index in [0.717, 1.165) is 29.2 Å². The van der Waals surface area contributed by atoms with Crippen molar-refractivity contribution in [1.82, 2.24) is 9.62 Å². The van der Waals surface area contributed by atoms with Crippen LogP contribution in [0.3, 0.4) is 0 Å². The summed E-state index contributed by atoms with van der Waals surface area (Å²) < 4.78 is 28.0. The summed E-state index contributed by atoms with van der Waals surface area (Å²) in [6.45, 7) is 2.80. The Hall–Kier alpha value is -2.70. The number of hydrogen-bond acceptors (Lipinski definition) is 3. The van der Waals surface area contributed by atoms with Gasteiger partial charge in [0.05, 0.1) is 10.9 Å². The van der Waals surface area contributed by atoms with E-state index in [1.807, 2.05) is 30.3 Å². The number of carbonyl (C=O) groups excluding carboxylic acids is 1. The highest BCUT2D eigenvalue weighted by molar-refractivity contribution is 7.89. The second kappa shape index (κ2) is 8.92. The van der Waals surface area contributed by atoms with Gasteiger partial charge in [0.1, 0.15) is 0 Å². The van der Waals surface area contributed by atoms with Crippen molar-refractivity contribution in [2.24, 2.45) is 11.8 Å². The minimum absolute atomic E-state index is 0.0511. The van der Waals surface area contributed by atoms with E-state index >= 15 is 0 Å². The molecule has 1 aliphatic carbocycles. The summed E-state index contributed by atoms with van der Waals surface area (Å²) in [6.07, 6.45) is 3.37. The maximum absolute atomic E-state index is 13.2. The van der Waals surface area contributed by atoms with Gasteiger partial charge >= 0.3 is 0 Å². The second-order valence-corrected chi connectivity index (χ2v) is 11.4. The van der Waals surface area contributed by atoms with E-state index in [2.05, 4.69) is 36.5 Å². The van der Waals surface area contributed by atoms with Crippen molar-refractivity contribution in [3.8, 4) is 0 Å². The minimum Gasteiger partial charge on any atom is -0.349 e. The number of nitrogens with zero attached hydrogens (tertiary/aromatic N) is 1. The van der Waals surface area contributed by atoms with Crippen molar-refractivity contribution < 1.29 is 13.2 Å². The van der Waals surface area contributed by atoms with Crippen LogP contribution < -0.4 is 5.32 Å². The average Bonchev–Trinajstić information content (AvgIpc) is 3.68. The Bertz CT molecular complexity index is 1260. The molecule has 1 amide bonds. The van der Waals surface area contributed by atoms with Gasteiger partial charge < -0.3 is 5.32 Å². The zero-order valence-corrected chi connectivity index (χ0v) is 19.7. The van der Waals surface area contributed by atoms with E-state index in [1.54, 1.807) is 12.1 Å². The first-order valence-corrected chi connectivity index (χ1v) is 13.2. The third-order valence-corrected chi connectivity index (χ3v) is 8.91. The maximum atomic E-state index is 13.2. The van der Waals surface area contributed by atoms with Gasteiger partial charge in [0.2, 0.25) is 15.9 Å². The molecule has 0 spiro atoms. The van der Waals surface area contributed by atoms with Crippen LogP contribution in [0.2, 0.25) is 0 Å². The molecule has 5 rings (SSSR count). The number of nitrogens with one attached hydrogen (secondary N) is 1. The molecule has 3 aromatic carbocycles. The van der Waals surface area contributed by atoms with Gasteiger partial charge in [-0.25, -0.2) is 8.42 Å². The average molecular weight is 463 g/mol. The Morgan fingerprint density at radius 2 is 1.58 bits per heavy atom. The van der Waals surface area contributed by atoms with Crippen molar-refractivity contribution in [2.75, 3.05) is 13.1 Å². The third kappa shape index (κ3) is 4.68. The van der Waals surface area contributed by atoms with Crippen LogP contribution in [0.5, 0.6) is 0 Å². The second-order valence-electron chi connectivity index (χ2n) is 9.42. The predicted molar refractivity (Wildman–Crippen MR) is 130 cm³/mol. The van der Waals surface area contributed by atoms with Crippen LogP contribution in [0, 0.1) is 18.8 Å². The summed E-state index contributed by atoms with van der Waals surface area (Å²) in [7, 11) is -3.57. The number of rotatable bonds is 6. The van der Waals surface area contributed by atoms with Crippen molar-refractivity contribution in [1.29, 1.82) is 0 Å². The summed E-state index contributed by atoms with van der Waals surface area (Å²) in [6, 6.07) is 21.5. The lowest BCUT2D eigenvalue weighted by Gasteiger charge is -2.31. The zero-order chi connectivity index (χ0) is 23.0. The van der Waals surface area contributed by atoms with Gasteiger partial charge in [0.15, 0.2) is 0 Å². The van der Waals surface area contributed by atoms with Crippen molar-refractivity contribution in [3.05, 3.63) is 77.9 Å². The highest BCUT2D eigenvalue weighted by atomic mass is 32.2. The van der Waals surface area contributed by atoms with Gasteiger partial charge in [0, 0.05) is 19.0 Å². The number of piperidine rings is 1. The molecule has 3 aromatic rings. The topological polar surface area (TPSA) is 66.5 Å². The maximum Gasteiger partial charge on any atom is 0.243 e. The van der Waals surface area contributed by atoms with Gasteiger partial charge in [-0.1, -0.05) is 60.2 Å². The lowest BCUT2D eigenvalue weighted by atomic mass is 9.95. The third-order valence-electron chi connectivity index (χ3n) is 7.01. The van der Waals surface area contributed by atoms with Gasteiger partial charge in [-0.2, -0.15) is 4.31 Å². The molecule has 1 unspecified atom stereocenters. The molecular formula is C27H30N2O3S. The summed E-state index contributed by atoms with van der Waals surface area (Å²) in [5.74, 6) is 0.403. The highest BCUT2D eigenvalue weighted by Gasteiger charge is 2.37. The van der Waals surface area contributed by atoms with E-state index in [-0.39, 0.29) is 17.9 Å². The molecule has 0 bridgehead atoms. The molecule has 2 fully saturated rings. The zero-order valence-electron chi connectivity index (χ0n) is 18.9. The summed E-state index contributed by atoms with van der Waals surface area (Å²) >= 11 is 0. The Balaban J connectivity index is 1.24. The molecule has 1 saturated heterocycles. The molecule has 0 radical (unpaired) electrons. The molecule has 1 saturated carbocycles. The molecule has 1 atom stereocenters. The van der Waals surface area contributed by atoms with E-state index in [0.29, 0.717) is 36.7 Å². The molecule has 5 nitrogen and oxygen atoms in total. The quantitative estimate of drug-likeness (QED) is 0.571. The normalized spacial score (nSPS) is 18.8. The summed E-state index contributed by atoms with van der Waals surface area (Å²) in [5, 5.41) is 5.21. The predicted octanol–water partition coefficient (Wildman–Crippen LogP) is 4.82. The first-order chi connectivity index (χ1) is 15.9. The molecule has 0 aromatic heterocycles. The molecule has 1 aliphatic heterocycles. The fraction of sp³-hybridized carbons (Fsp3) is 0.370. The SMILES string of the molecule is Cc1ccc(C(NC(=O)C2CCN(S(=O)(=O)c3ccc4ccccc4c3)CC2)C2CC2)cc1. The van der Waals surface area contributed by atoms with Crippen LogP contribution in [0.25, 0.3) is 10.8 Å². The van der Waals surface area contributed by atoms with Gasteiger partial charge in [-0.15, -0.1) is 0 Å². The minimum atomic E-state index is -3.57. The molecule has 1 N–H and O–H groups in total. The smallest absolute Gasteiger partial charge is 0.243 e. The van der Waals surface area contributed by atoms with Crippen LogP contribution in [0.1, 0.15) is 42.9 Å². The van der Waals surface area contributed by atoms with Crippen molar-refractivity contribution in [3.63, 3.8) is 0 Å². The summed E-state index contributed by atoms with van der Waals surface area (Å²) in [4.78, 5) is 13.4. The Morgan fingerprint density at radius 3 is 2.24 bits per heavy atom. The molecule has 1 heterocycles. The van der Waals surface area contributed by atoms with Crippen LogP contribution in [0.4, 0.5) is 0 Å². The van der Waals surface area contributed by atoms with E-state index in [1.165, 1.54) is 9.87 Å². The summed E-state index contributed by atoms with van der Waals surface area (Å²) in [5.41, 5.74) is 2.37. The van der Waals surface area contributed by atoms with Gasteiger partial charge in [-0.05, 0) is 67.0 Å². The first-order valence-electron chi connectivity index (χ1n) is 11.8. The molecule has 33 heavy (non-hydrogen) atoms. The van der Waals surface area contributed by atoms with Crippen molar-refractivity contribution >= 4 is 26.7 Å². The van der Waals surface area contributed by atoms with Crippen LogP contribution in [0.15, 0.2) is 71.6 Å². The molecule has 2 aliphatic rings. The number of sulfonamides is 1. The van der Waals surface area contributed by atoms with Crippen LogP contribution >= 0.6 is 0 Å².